The fourth-order valence-electron chi connectivity index (χ4n) is 1.73. The molecule has 0 heterocycles. The molecule has 0 aliphatic heterocycles. The molecule has 3 nitrogen and oxygen atoms in total. The summed E-state index contributed by atoms with van der Waals surface area (Å²) < 4.78 is 5.37. The molecular weight excluding hydrogens is 341 g/mol. The molecule has 6 heteroatoms. The van der Waals surface area contributed by atoms with Gasteiger partial charge in [-0.15, -0.1) is 11.8 Å². The third-order valence-corrected chi connectivity index (χ3v) is 4.28. The summed E-state index contributed by atoms with van der Waals surface area (Å²) in [5.74, 6) is 0.974. The molecule has 0 saturated carbocycles. The van der Waals surface area contributed by atoms with Crippen molar-refractivity contribution in [2.75, 3.05) is 17.7 Å². The van der Waals surface area contributed by atoms with Crippen LogP contribution in [0, 0.1) is 0 Å². The van der Waals surface area contributed by atoms with Crippen molar-refractivity contribution in [2.45, 2.75) is 11.8 Å². The van der Waals surface area contributed by atoms with Crippen molar-refractivity contribution in [3.8, 4) is 5.75 Å². The van der Waals surface area contributed by atoms with Gasteiger partial charge in [-0.3, -0.25) is 4.79 Å². The average molecular weight is 356 g/mol. The van der Waals surface area contributed by atoms with Crippen molar-refractivity contribution in [1.29, 1.82) is 0 Å². The van der Waals surface area contributed by atoms with Crippen LogP contribution in [0.1, 0.15) is 6.92 Å². The van der Waals surface area contributed by atoms with Gasteiger partial charge < -0.3 is 10.1 Å². The Morgan fingerprint density at radius 2 is 1.91 bits per heavy atom. The number of anilines is 1. The molecule has 22 heavy (non-hydrogen) atoms. The van der Waals surface area contributed by atoms with E-state index in [2.05, 4.69) is 5.32 Å². The molecule has 2 aromatic rings. The van der Waals surface area contributed by atoms with E-state index in [9.17, 15) is 4.79 Å². The Morgan fingerprint density at radius 1 is 1.18 bits per heavy atom. The number of amides is 1. The minimum Gasteiger partial charge on any atom is -0.494 e. The van der Waals surface area contributed by atoms with Gasteiger partial charge in [0.2, 0.25) is 5.91 Å². The van der Waals surface area contributed by atoms with E-state index in [1.807, 2.05) is 31.2 Å². The van der Waals surface area contributed by atoms with Crippen LogP contribution in [-0.2, 0) is 4.79 Å². The second-order valence-corrected chi connectivity index (χ2v) is 6.26. The number of carbonyl (C=O) groups is 1. The molecule has 0 unspecified atom stereocenters. The van der Waals surface area contributed by atoms with Gasteiger partial charge in [0.15, 0.2) is 0 Å². The van der Waals surface area contributed by atoms with Crippen molar-refractivity contribution in [3.05, 3.63) is 52.5 Å². The van der Waals surface area contributed by atoms with Crippen LogP contribution < -0.4 is 10.1 Å². The van der Waals surface area contributed by atoms with Crippen LogP contribution in [-0.4, -0.2) is 18.3 Å². The molecule has 0 aromatic heterocycles. The standard InChI is InChI=1S/C16H15Cl2NO2S/c1-2-21-12-4-6-13(7-5-12)22-10-16(20)19-15-9-11(17)3-8-14(15)18/h3-9H,2,10H2,1H3,(H,19,20). The van der Waals surface area contributed by atoms with E-state index < -0.39 is 0 Å². The number of nitrogens with one attached hydrogen (secondary N) is 1. The maximum absolute atomic E-state index is 12.0. The summed E-state index contributed by atoms with van der Waals surface area (Å²) in [6.45, 7) is 2.57. The summed E-state index contributed by atoms with van der Waals surface area (Å²) in [6.07, 6.45) is 0. The second-order valence-electron chi connectivity index (χ2n) is 4.37. The molecule has 1 N–H and O–H groups in total. The van der Waals surface area contributed by atoms with E-state index in [0.717, 1.165) is 10.6 Å². The summed E-state index contributed by atoms with van der Waals surface area (Å²) in [5, 5.41) is 3.74. The zero-order valence-electron chi connectivity index (χ0n) is 11.9. The molecule has 0 spiro atoms. The molecule has 2 aromatic carbocycles. The molecule has 1 amide bonds. The van der Waals surface area contributed by atoms with Gasteiger partial charge in [-0.2, -0.15) is 0 Å². The molecule has 0 saturated heterocycles. The summed E-state index contributed by atoms with van der Waals surface area (Å²) in [4.78, 5) is 13.0. The Morgan fingerprint density at radius 3 is 2.59 bits per heavy atom. The van der Waals surface area contributed by atoms with E-state index in [1.54, 1.807) is 18.2 Å². The van der Waals surface area contributed by atoms with Crippen molar-refractivity contribution >= 4 is 46.6 Å². The van der Waals surface area contributed by atoms with E-state index in [1.165, 1.54) is 11.8 Å². The lowest BCUT2D eigenvalue weighted by Gasteiger charge is -2.08. The van der Waals surface area contributed by atoms with E-state index >= 15 is 0 Å². The highest BCUT2D eigenvalue weighted by molar-refractivity contribution is 8.00. The van der Waals surface area contributed by atoms with E-state index in [0.29, 0.717) is 22.3 Å². The number of thioether (sulfide) groups is 1. The Bertz CT molecular complexity index is 647. The molecule has 0 radical (unpaired) electrons. The summed E-state index contributed by atoms with van der Waals surface area (Å²) in [7, 11) is 0. The van der Waals surface area contributed by atoms with Gasteiger partial charge in [-0.25, -0.2) is 0 Å². The smallest absolute Gasteiger partial charge is 0.234 e. The first-order chi connectivity index (χ1) is 10.6. The fraction of sp³-hybridized carbons (Fsp3) is 0.188. The molecular formula is C16H15Cl2NO2S. The van der Waals surface area contributed by atoms with Gasteiger partial charge in [0.1, 0.15) is 5.75 Å². The van der Waals surface area contributed by atoms with Gasteiger partial charge >= 0.3 is 0 Å². The summed E-state index contributed by atoms with van der Waals surface area (Å²) in [5.41, 5.74) is 0.520. The topological polar surface area (TPSA) is 38.3 Å². The number of hydrogen-bond acceptors (Lipinski definition) is 3. The van der Waals surface area contributed by atoms with Gasteiger partial charge in [0.05, 0.1) is 23.1 Å². The molecule has 0 fully saturated rings. The van der Waals surface area contributed by atoms with Crippen LogP contribution in [0.25, 0.3) is 0 Å². The first-order valence-electron chi connectivity index (χ1n) is 6.69. The number of ether oxygens (including phenoxy) is 1. The highest BCUT2D eigenvalue weighted by Gasteiger charge is 2.07. The predicted molar refractivity (Wildman–Crippen MR) is 93.4 cm³/mol. The molecule has 0 aliphatic rings. The SMILES string of the molecule is CCOc1ccc(SCC(=O)Nc2cc(Cl)ccc2Cl)cc1. The highest BCUT2D eigenvalue weighted by atomic mass is 35.5. The molecule has 116 valence electrons. The minimum atomic E-state index is -0.136. The van der Waals surface area contributed by atoms with E-state index in [-0.39, 0.29) is 11.7 Å². The van der Waals surface area contributed by atoms with Gasteiger partial charge in [0.25, 0.3) is 0 Å². The third kappa shape index (κ3) is 5.13. The largest absolute Gasteiger partial charge is 0.494 e. The van der Waals surface area contributed by atoms with Crippen LogP contribution >= 0.6 is 35.0 Å². The van der Waals surface area contributed by atoms with E-state index in [4.69, 9.17) is 27.9 Å². The zero-order valence-corrected chi connectivity index (χ0v) is 14.3. The summed E-state index contributed by atoms with van der Waals surface area (Å²) in [6, 6.07) is 12.6. The van der Waals surface area contributed by atoms with Crippen molar-refractivity contribution in [2.24, 2.45) is 0 Å². The Labute approximate surface area is 144 Å². The maximum atomic E-state index is 12.0. The Hall–Kier alpha value is -1.36. The van der Waals surface area contributed by atoms with Gasteiger partial charge in [-0.1, -0.05) is 23.2 Å². The van der Waals surface area contributed by atoms with Crippen LogP contribution in [0.2, 0.25) is 10.0 Å². The average Bonchev–Trinajstić information content (AvgIpc) is 2.51. The van der Waals surface area contributed by atoms with Crippen LogP contribution in [0.15, 0.2) is 47.4 Å². The quantitative estimate of drug-likeness (QED) is 0.730. The maximum Gasteiger partial charge on any atom is 0.234 e. The lowest BCUT2D eigenvalue weighted by Crippen LogP contribution is -2.14. The van der Waals surface area contributed by atoms with Crippen LogP contribution in [0.4, 0.5) is 5.69 Å². The Kier molecular flexibility index (Phi) is 6.43. The third-order valence-electron chi connectivity index (χ3n) is 2.71. The van der Waals surface area contributed by atoms with Crippen LogP contribution in [0.3, 0.4) is 0 Å². The molecule has 0 atom stereocenters. The Balaban J connectivity index is 1.88. The highest BCUT2D eigenvalue weighted by Crippen LogP contribution is 2.26. The number of halogens is 2. The molecule has 0 bridgehead atoms. The number of benzene rings is 2. The zero-order chi connectivity index (χ0) is 15.9. The minimum absolute atomic E-state index is 0.136. The predicted octanol–water partition coefficient (Wildman–Crippen LogP) is 5.12. The van der Waals surface area contributed by atoms with Gasteiger partial charge in [-0.05, 0) is 49.4 Å². The number of carbonyl (C=O) groups excluding carboxylic acids is 1. The number of hydrogen-bond donors (Lipinski definition) is 1. The monoisotopic (exact) mass is 355 g/mol. The van der Waals surface area contributed by atoms with Crippen LogP contribution in [0.5, 0.6) is 5.75 Å². The number of rotatable bonds is 6. The van der Waals surface area contributed by atoms with Crippen molar-refractivity contribution in [3.63, 3.8) is 0 Å². The normalized spacial score (nSPS) is 10.3. The van der Waals surface area contributed by atoms with Crippen molar-refractivity contribution < 1.29 is 9.53 Å². The first-order valence-corrected chi connectivity index (χ1v) is 8.43. The summed E-state index contributed by atoms with van der Waals surface area (Å²) >= 11 is 13.3. The molecule has 2 rings (SSSR count). The molecule has 0 aliphatic carbocycles. The fourth-order valence-corrected chi connectivity index (χ4v) is 2.76. The lowest BCUT2D eigenvalue weighted by molar-refractivity contribution is -0.113. The lowest BCUT2D eigenvalue weighted by atomic mass is 10.3. The first kappa shape index (κ1) is 17.0. The van der Waals surface area contributed by atoms with Crippen molar-refractivity contribution in [1.82, 2.24) is 0 Å². The second kappa shape index (κ2) is 8.32. The van der Waals surface area contributed by atoms with Gasteiger partial charge in [0, 0.05) is 9.92 Å².